The van der Waals surface area contributed by atoms with Gasteiger partial charge in [-0.1, -0.05) is 0 Å². The van der Waals surface area contributed by atoms with Crippen LogP contribution in [0.1, 0.15) is 40.9 Å². The van der Waals surface area contributed by atoms with Crippen LogP contribution in [0.25, 0.3) is 11.0 Å². The highest BCUT2D eigenvalue weighted by Gasteiger charge is 2.25. The zero-order valence-electron chi connectivity index (χ0n) is 21.1. The van der Waals surface area contributed by atoms with Crippen LogP contribution in [0.3, 0.4) is 0 Å². The number of hydrogen-bond donors (Lipinski definition) is 8. The molecule has 9 N–H and O–H groups in total. The topological polar surface area (TPSA) is 259 Å². The monoisotopic (exact) mass is 577 g/mol. The maximum absolute atomic E-state index is 12.7. The Morgan fingerprint density at radius 2 is 1.70 bits per heavy atom. The number of nitrogens with zero attached hydrogens (tertiary/aromatic N) is 2. The van der Waals surface area contributed by atoms with E-state index < -0.39 is 60.2 Å². The molecule has 0 fully saturated rings. The second kappa shape index (κ2) is 12.7. The predicted molar refractivity (Wildman–Crippen MR) is 142 cm³/mol. The van der Waals surface area contributed by atoms with E-state index in [9.17, 15) is 33.9 Å². The first-order valence-electron chi connectivity index (χ1n) is 11.8. The average Bonchev–Trinajstić information content (AvgIpc) is 3.47. The van der Waals surface area contributed by atoms with Crippen molar-refractivity contribution in [2.75, 3.05) is 11.1 Å². The number of carbonyl (C=O) groups excluding carboxylic acids is 2. The summed E-state index contributed by atoms with van der Waals surface area (Å²) in [6.07, 6.45) is 0.153. The first-order chi connectivity index (χ1) is 18.8. The summed E-state index contributed by atoms with van der Waals surface area (Å²) >= 11 is 1.04. The number of H-pyrrole nitrogens is 1. The number of hydrogen-bond acceptors (Lipinski definition) is 10. The number of carbonyl (C=O) groups is 5. The van der Waals surface area contributed by atoms with E-state index in [0.29, 0.717) is 21.6 Å². The third-order valence-electron chi connectivity index (χ3n) is 5.75. The lowest BCUT2D eigenvalue weighted by Crippen LogP contribution is -2.44. The number of carboxylic acid groups (broad SMARTS) is 3. The number of nitrogen functional groups attached to an aromatic ring is 1. The molecule has 0 aromatic carbocycles. The van der Waals surface area contributed by atoms with Crippen molar-refractivity contribution in [1.29, 1.82) is 0 Å². The smallest absolute Gasteiger partial charge is 0.326 e. The van der Waals surface area contributed by atoms with Crippen LogP contribution in [0.5, 0.6) is 0 Å². The highest BCUT2D eigenvalue weighted by Crippen LogP contribution is 2.24. The highest BCUT2D eigenvalue weighted by atomic mass is 32.1. The summed E-state index contributed by atoms with van der Waals surface area (Å²) in [4.78, 5) is 77.4. The quantitative estimate of drug-likeness (QED) is 0.125. The number of aromatic nitrogens is 3. The van der Waals surface area contributed by atoms with Gasteiger partial charge in [-0.15, -0.1) is 11.3 Å². The number of nitrogens with two attached hydrogens (primary N) is 1. The van der Waals surface area contributed by atoms with Crippen molar-refractivity contribution in [2.24, 2.45) is 7.05 Å². The maximum atomic E-state index is 12.7. The standard InChI is InChI=1S/C23H27N7O9S/c1-30-9-10(17-18(30)28-23(24)29-20(17)35)8-25-15-6-4-13(40-15)19(34)27-12(22(38)39)2-5-14(31)26-11(21(36)37)3-7-16(32)33/h4,6,9,11-12,25H,2-3,5,7-8H2,1H3,(H,26,31)(H,27,34)(H,32,33)(H,36,37)(H,38,39)(H3,24,28,29,35)/t11-,12-/m0/s1. The molecule has 3 rings (SSSR count). The summed E-state index contributed by atoms with van der Waals surface area (Å²) < 4.78 is 1.66. The average molecular weight is 578 g/mol. The number of amides is 2. The van der Waals surface area contributed by atoms with Gasteiger partial charge in [0, 0.05) is 38.2 Å². The number of aliphatic carboxylic acids is 3. The first kappa shape index (κ1) is 29.6. The van der Waals surface area contributed by atoms with Gasteiger partial charge < -0.3 is 41.6 Å². The van der Waals surface area contributed by atoms with Crippen molar-refractivity contribution in [3.8, 4) is 0 Å². The molecule has 2 atom stereocenters. The van der Waals surface area contributed by atoms with Crippen LogP contribution in [0, 0.1) is 0 Å². The van der Waals surface area contributed by atoms with Crippen molar-refractivity contribution in [2.45, 2.75) is 44.3 Å². The van der Waals surface area contributed by atoms with Crippen molar-refractivity contribution in [1.82, 2.24) is 25.2 Å². The summed E-state index contributed by atoms with van der Waals surface area (Å²) in [6, 6.07) is 0.199. The lowest BCUT2D eigenvalue weighted by Gasteiger charge is -2.16. The first-order valence-corrected chi connectivity index (χ1v) is 12.6. The Bertz CT molecular complexity index is 1510. The van der Waals surface area contributed by atoms with Crippen LogP contribution in [0.4, 0.5) is 10.9 Å². The normalized spacial score (nSPS) is 12.4. The van der Waals surface area contributed by atoms with Crippen molar-refractivity contribution < 1.29 is 39.3 Å². The molecule has 3 aromatic rings. The summed E-state index contributed by atoms with van der Waals surface area (Å²) in [7, 11) is 1.72. The molecule has 0 saturated carbocycles. The number of fused-ring (bicyclic) bond motifs is 1. The van der Waals surface area contributed by atoms with Crippen molar-refractivity contribution in [3.63, 3.8) is 0 Å². The maximum Gasteiger partial charge on any atom is 0.326 e. The van der Waals surface area contributed by atoms with Crippen molar-refractivity contribution in [3.05, 3.63) is 39.1 Å². The van der Waals surface area contributed by atoms with E-state index in [-0.39, 0.29) is 30.2 Å². The number of aryl methyl sites for hydroxylation is 1. The number of nitrogens with one attached hydrogen (secondary N) is 4. The molecule has 214 valence electrons. The van der Waals surface area contributed by atoms with Crippen LogP contribution in [0.2, 0.25) is 0 Å². The van der Waals surface area contributed by atoms with E-state index in [1.165, 1.54) is 6.07 Å². The Hall–Kier alpha value is -4.93. The van der Waals surface area contributed by atoms with E-state index in [4.69, 9.17) is 15.9 Å². The minimum atomic E-state index is -1.44. The summed E-state index contributed by atoms with van der Waals surface area (Å²) in [5.74, 6) is -5.55. The van der Waals surface area contributed by atoms with Crippen LogP contribution < -0.4 is 27.2 Å². The van der Waals surface area contributed by atoms with Gasteiger partial charge in [-0.2, -0.15) is 4.98 Å². The molecule has 0 saturated heterocycles. The SMILES string of the molecule is Cn1cc(CNc2ccc(C(=O)N[C@@H](CCC(=O)N[C@@H](CCC(=O)O)C(=O)O)C(=O)O)s2)c2c(=O)[nH]c(N)nc21. The molecule has 0 aliphatic rings. The van der Waals surface area contributed by atoms with Gasteiger partial charge >= 0.3 is 17.9 Å². The molecular weight excluding hydrogens is 550 g/mol. The molecule has 0 radical (unpaired) electrons. The highest BCUT2D eigenvalue weighted by molar-refractivity contribution is 7.17. The van der Waals surface area contributed by atoms with E-state index in [1.54, 1.807) is 23.9 Å². The van der Waals surface area contributed by atoms with Crippen LogP contribution in [-0.2, 0) is 32.8 Å². The van der Waals surface area contributed by atoms with Gasteiger partial charge in [0.05, 0.1) is 15.3 Å². The Kier molecular flexibility index (Phi) is 9.44. The third-order valence-corrected chi connectivity index (χ3v) is 6.79. The summed E-state index contributed by atoms with van der Waals surface area (Å²) in [5, 5.41) is 35.8. The molecule has 0 aliphatic heterocycles. The van der Waals surface area contributed by atoms with E-state index >= 15 is 0 Å². The Labute approximate surface area is 229 Å². The van der Waals surface area contributed by atoms with Crippen LogP contribution in [-0.4, -0.2) is 71.7 Å². The summed E-state index contributed by atoms with van der Waals surface area (Å²) in [6.45, 7) is 0.226. The second-order valence-corrected chi connectivity index (χ2v) is 9.81. The van der Waals surface area contributed by atoms with Gasteiger partial charge in [-0.25, -0.2) is 9.59 Å². The Morgan fingerprint density at radius 1 is 1.05 bits per heavy atom. The molecule has 40 heavy (non-hydrogen) atoms. The fraction of sp³-hybridized carbons (Fsp3) is 0.348. The molecule has 0 unspecified atom stereocenters. The molecule has 0 aliphatic carbocycles. The third kappa shape index (κ3) is 7.56. The molecule has 3 heterocycles. The number of anilines is 2. The molecule has 3 aromatic heterocycles. The van der Waals surface area contributed by atoms with Gasteiger partial charge in [-0.05, 0) is 25.0 Å². The Balaban J connectivity index is 1.57. The number of rotatable bonds is 14. The molecule has 17 heteroatoms. The van der Waals surface area contributed by atoms with Crippen LogP contribution >= 0.6 is 11.3 Å². The number of thiophene rings is 1. The number of aromatic amines is 1. The van der Waals surface area contributed by atoms with E-state index in [1.807, 2.05) is 0 Å². The summed E-state index contributed by atoms with van der Waals surface area (Å²) in [5.41, 5.74) is 6.27. The lowest BCUT2D eigenvalue weighted by atomic mass is 10.1. The van der Waals surface area contributed by atoms with Gasteiger partial charge in [0.2, 0.25) is 11.9 Å². The zero-order chi connectivity index (χ0) is 29.6. The predicted octanol–water partition coefficient (Wildman–Crippen LogP) is -0.0852. The number of carboxylic acids is 3. The Morgan fingerprint density at radius 3 is 2.35 bits per heavy atom. The van der Waals surface area contributed by atoms with Gasteiger partial charge in [-0.3, -0.25) is 24.2 Å². The zero-order valence-corrected chi connectivity index (χ0v) is 21.9. The molecule has 16 nitrogen and oxygen atoms in total. The van der Waals surface area contributed by atoms with Crippen molar-refractivity contribution >= 4 is 63.0 Å². The van der Waals surface area contributed by atoms with Gasteiger partial charge in [0.1, 0.15) is 17.7 Å². The van der Waals surface area contributed by atoms with Crippen LogP contribution in [0.15, 0.2) is 23.1 Å². The molecular formula is C23H27N7O9S. The van der Waals surface area contributed by atoms with E-state index in [0.717, 1.165) is 11.3 Å². The molecule has 0 bridgehead atoms. The molecule has 0 spiro atoms. The van der Waals surface area contributed by atoms with E-state index in [2.05, 4.69) is 25.9 Å². The largest absolute Gasteiger partial charge is 0.481 e. The minimum absolute atomic E-state index is 0.00684. The van der Waals surface area contributed by atoms with Gasteiger partial charge in [0.15, 0.2) is 0 Å². The second-order valence-electron chi connectivity index (χ2n) is 8.73. The fourth-order valence-electron chi connectivity index (χ4n) is 3.81. The lowest BCUT2D eigenvalue weighted by molar-refractivity contribution is -0.143. The molecule has 2 amide bonds. The minimum Gasteiger partial charge on any atom is -0.481 e. The van der Waals surface area contributed by atoms with Gasteiger partial charge in [0.25, 0.3) is 11.5 Å². The fourth-order valence-corrected chi connectivity index (χ4v) is 4.61.